The topological polar surface area (TPSA) is 49.5 Å². The van der Waals surface area contributed by atoms with E-state index in [9.17, 15) is 5.11 Å². The number of rotatable bonds is 5. The van der Waals surface area contributed by atoms with Crippen molar-refractivity contribution in [2.45, 2.75) is 64.5 Å². The predicted molar refractivity (Wildman–Crippen MR) is 75.4 cm³/mol. The lowest BCUT2D eigenvalue weighted by Gasteiger charge is -2.44. The highest BCUT2D eigenvalue weighted by molar-refractivity contribution is 4.90. The van der Waals surface area contributed by atoms with Crippen molar-refractivity contribution < 1.29 is 5.11 Å². The molecule has 18 heavy (non-hydrogen) atoms. The highest BCUT2D eigenvalue weighted by atomic mass is 16.3. The lowest BCUT2D eigenvalue weighted by molar-refractivity contribution is 0.0533. The first-order valence-electron chi connectivity index (χ1n) is 7.62. The molecule has 0 aromatic heterocycles. The molecule has 0 radical (unpaired) electrons. The number of aliphatic hydroxyl groups excluding tert-OH is 1. The molecule has 3 heteroatoms. The van der Waals surface area contributed by atoms with Crippen LogP contribution in [0, 0.1) is 11.3 Å². The second-order valence-electron chi connectivity index (χ2n) is 7.13. The van der Waals surface area contributed by atoms with Crippen molar-refractivity contribution in [2.75, 3.05) is 19.7 Å². The van der Waals surface area contributed by atoms with Gasteiger partial charge >= 0.3 is 0 Å². The second kappa shape index (κ2) is 5.89. The first-order valence-corrected chi connectivity index (χ1v) is 7.62. The van der Waals surface area contributed by atoms with Crippen molar-refractivity contribution in [2.24, 2.45) is 17.1 Å². The van der Waals surface area contributed by atoms with E-state index >= 15 is 0 Å². The molecule has 0 saturated heterocycles. The third-order valence-electron chi connectivity index (χ3n) is 5.02. The zero-order valence-electron chi connectivity index (χ0n) is 12.1. The molecule has 2 aliphatic rings. The summed E-state index contributed by atoms with van der Waals surface area (Å²) >= 11 is 0. The van der Waals surface area contributed by atoms with Crippen molar-refractivity contribution in [3.8, 4) is 0 Å². The van der Waals surface area contributed by atoms with Gasteiger partial charge in [0.05, 0.1) is 6.61 Å². The molecule has 2 aliphatic carbocycles. The number of nitrogens with zero attached hydrogens (tertiary/aromatic N) is 1. The molecule has 0 amide bonds. The first kappa shape index (κ1) is 14.3. The summed E-state index contributed by atoms with van der Waals surface area (Å²) in [5, 5.41) is 9.23. The van der Waals surface area contributed by atoms with Crippen LogP contribution < -0.4 is 5.73 Å². The average Bonchev–Trinajstić information content (AvgIpc) is 2.21. The molecule has 0 spiro atoms. The maximum absolute atomic E-state index is 9.23. The van der Waals surface area contributed by atoms with Gasteiger partial charge in [0.2, 0.25) is 0 Å². The Morgan fingerprint density at radius 1 is 1.28 bits per heavy atom. The molecule has 2 fully saturated rings. The Morgan fingerprint density at radius 2 is 2.00 bits per heavy atom. The molecule has 3 N–H and O–H groups in total. The Hall–Kier alpha value is -0.120. The Kier molecular flexibility index (Phi) is 4.68. The zero-order chi connectivity index (χ0) is 13.2. The Balaban J connectivity index is 1.91. The van der Waals surface area contributed by atoms with Crippen LogP contribution in [0.1, 0.15) is 52.4 Å². The minimum absolute atomic E-state index is 0.280. The highest BCUT2D eigenvalue weighted by Gasteiger charge is 2.35. The van der Waals surface area contributed by atoms with Gasteiger partial charge in [-0.2, -0.15) is 0 Å². The normalized spacial score (nSPS) is 32.5. The Bertz CT molecular complexity index is 263. The van der Waals surface area contributed by atoms with Gasteiger partial charge < -0.3 is 10.8 Å². The molecule has 106 valence electrons. The summed E-state index contributed by atoms with van der Waals surface area (Å²) in [5.41, 5.74) is 6.76. The second-order valence-corrected chi connectivity index (χ2v) is 7.13. The van der Waals surface area contributed by atoms with E-state index in [1.54, 1.807) is 0 Å². The Labute approximate surface area is 112 Å². The molecule has 2 unspecified atom stereocenters. The molecule has 2 atom stereocenters. The van der Waals surface area contributed by atoms with Gasteiger partial charge in [0, 0.05) is 25.2 Å². The molecule has 0 aliphatic heterocycles. The number of hydrogen-bond donors (Lipinski definition) is 2. The van der Waals surface area contributed by atoms with Crippen LogP contribution in [0.3, 0.4) is 0 Å². The van der Waals surface area contributed by atoms with E-state index in [1.807, 2.05) is 0 Å². The minimum Gasteiger partial charge on any atom is -0.395 e. The van der Waals surface area contributed by atoms with Crippen molar-refractivity contribution in [3.63, 3.8) is 0 Å². The SMILES string of the molecule is CC1(C)CCC(N)C(CN(CCO)C2CCC2)C1. The number of nitrogens with two attached hydrogens (primary N) is 1. The molecule has 0 heterocycles. The Morgan fingerprint density at radius 3 is 2.56 bits per heavy atom. The van der Waals surface area contributed by atoms with Crippen molar-refractivity contribution in [3.05, 3.63) is 0 Å². The fraction of sp³-hybridized carbons (Fsp3) is 1.00. The summed E-state index contributed by atoms with van der Waals surface area (Å²) in [4.78, 5) is 2.50. The molecule has 0 bridgehead atoms. The van der Waals surface area contributed by atoms with E-state index in [-0.39, 0.29) is 6.61 Å². The van der Waals surface area contributed by atoms with E-state index in [0.29, 0.717) is 17.4 Å². The molecule has 3 nitrogen and oxygen atoms in total. The largest absolute Gasteiger partial charge is 0.395 e. The number of hydrogen-bond acceptors (Lipinski definition) is 3. The van der Waals surface area contributed by atoms with E-state index < -0.39 is 0 Å². The molecular weight excluding hydrogens is 224 g/mol. The minimum atomic E-state index is 0.280. The van der Waals surface area contributed by atoms with Crippen LogP contribution in [0.15, 0.2) is 0 Å². The van der Waals surface area contributed by atoms with E-state index in [2.05, 4.69) is 18.7 Å². The first-order chi connectivity index (χ1) is 8.52. The van der Waals surface area contributed by atoms with Crippen molar-refractivity contribution >= 4 is 0 Å². The third-order valence-corrected chi connectivity index (χ3v) is 5.02. The van der Waals surface area contributed by atoms with E-state index in [0.717, 1.165) is 25.6 Å². The highest BCUT2D eigenvalue weighted by Crippen LogP contribution is 2.39. The van der Waals surface area contributed by atoms with Gasteiger partial charge in [-0.15, -0.1) is 0 Å². The summed E-state index contributed by atoms with van der Waals surface area (Å²) in [5.74, 6) is 0.612. The molecule has 0 aromatic rings. The lowest BCUT2D eigenvalue weighted by Crippen LogP contribution is -2.50. The van der Waals surface area contributed by atoms with Gasteiger partial charge in [-0.05, 0) is 43.4 Å². The summed E-state index contributed by atoms with van der Waals surface area (Å²) in [6, 6.07) is 1.08. The fourth-order valence-electron chi connectivity index (χ4n) is 3.56. The summed E-state index contributed by atoms with van der Waals surface area (Å²) in [6.07, 6.45) is 7.64. The van der Waals surface area contributed by atoms with Gasteiger partial charge in [0.25, 0.3) is 0 Å². The molecule has 2 rings (SSSR count). The lowest BCUT2D eigenvalue weighted by atomic mass is 9.70. The maximum atomic E-state index is 9.23. The van der Waals surface area contributed by atoms with Crippen LogP contribution in [-0.2, 0) is 0 Å². The van der Waals surface area contributed by atoms with Gasteiger partial charge in [0.1, 0.15) is 0 Å². The molecular formula is C15H30N2O. The number of aliphatic hydroxyl groups is 1. The van der Waals surface area contributed by atoms with Crippen LogP contribution in [-0.4, -0.2) is 41.8 Å². The third kappa shape index (κ3) is 3.46. The smallest absolute Gasteiger partial charge is 0.0558 e. The summed E-state index contributed by atoms with van der Waals surface area (Å²) in [7, 11) is 0. The van der Waals surface area contributed by atoms with Crippen LogP contribution in [0.5, 0.6) is 0 Å². The van der Waals surface area contributed by atoms with Crippen LogP contribution >= 0.6 is 0 Å². The average molecular weight is 254 g/mol. The van der Waals surface area contributed by atoms with Gasteiger partial charge in [0.15, 0.2) is 0 Å². The fourth-order valence-corrected chi connectivity index (χ4v) is 3.56. The summed E-state index contributed by atoms with van der Waals surface area (Å²) in [6.45, 7) is 6.93. The quantitative estimate of drug-likeness (QED) is 0.789. The van der Waals surface area contributed by atoms with Crippen molar-refractivity contribution in [1.29, 1.82) is 0 Å². The van der Waals surface area contributed by atoms with Crippen LogP contribution in [0.2, 0.25) is 0 Å². The molecule has 0 aromatic carbocycles. The predicted octanol–water partition coefficient (Wildman–Crippen LogP) is 1.99. The summed E-state index contributed by atoms with van der Waals surface area (Å²) < 4.78 is 0. The maximum Gasteiger partial charge on any atom is 0.0558 e. The zero-order valence-corrected chi connectivity index (χ0v) is 12.1. The van der Waals surface area contributed by atoms with Gasteiger partial charge in [-0.1, -0.05) is 20.3 Å². The van der Waals surface area contributed by atoms with Gasteiger partial charge in [-0.25, -0.2) is 0 Å². The van der Waals surface area contributed by atoms with Gasteiger partial charge in [-0.3, -0.25) is 4.90 Å². The van der Waals surface area contributed by atoms with Crippen molar-refractivity contribution in [1.82, 2.24) is 4.90 Å². The monoisotopic (exact) mass is 254 g/mol. The molecule has 2 saturated carbocycles. The van der Waals surface area contributed by atoms with Crippen LogP contribution in [0.25, 0.3) is 0 Å². The van der Waals surface area contributed by atoms with E-state index in [1.165, 1.54) is 32.1 Å². The van der Waals surface area contributed by atoms with E-state index in [4.69, 9.17) is 5.73 Å². The van der Waals surface area contributed by atoms with Crippen LogP contribution in [0.4, 0.5) is 0 Å². The standard InChI is InChI=1S/C15H30N2O/c1-15(2)7-6-14(16)12(10-15)11-17(8-9-18)13-4-3-5-13/h12-14,18H,3-11,16H2,1-2H3.